The standard InChI is InChI=1S/C21H13ClF3N3O4S/c1-32-17-5-2-11(7-15(17)24)33(30,31)28-16-4-3-14(23)18(19(16)25)20(29)13-9-27-21-12(13)6-10(22)8-26-21/h2-9,28H,1H3,(H,26,27). The van der Waals surface area contributed by atoms with E-state index >= 15 is 4.39 Å². The molecule has 0 atom stereocenters. The highest BCUT2D eigenvalue weighted by atomic mass is 35.5. The Morgan fingerprint density at radius 3 is 2.58 bits per heavy atom. The minimum Gasteiger partial charge on any atom is -0.494 e. The van der Waals surface area contributed by atoms with Crippen molar-refractivity contribution in [2.75, 3.05) is 11.8 Å². The molecular weight excluding hydrogens is 483 g/mol. The summed E-state index contributed by atoms with van der Waals surface area (Å²) in [7, 11) is -3.28. The minimum absolute atomic E-state index is 0.116. The van der Waals surface area contributed by atoms with Crippen LogP contribution in [0.25, 0.3) is 11.0 Å². The fourth-order valence-electron chi connectivity index (χ4n) is 3.16. The molecule has 0 spiro atoms. The van der Waals surface area contributed by atoms with E-state index in [1.807, 2.05) is 4.72 Å². The van der Waals surface area contributed by atoms with Crippen LogP contribution in [0.5, 0.6) is 5.75 Å². The molecule has 0 saturated carbocycles. The lowest BCUT2D eigenvalue weighted by atomic mass is 10.0. The minimum atomic E-state index is -4.49. The van der Waals surface area contributed by atoms with Crippen molar-refractivity contribution in [2.45, 2.75) is 4.90 Å². The summed E-state index contributed by atoms with van der Waals surface area (Å²) in [6.07, 6.45) is 2.54. The third-order valence-corrected chi connectivity index (χ3v) is 6.31. The van der Waals surface area contributed by atoms with Crippen LogP contribution >= 0.6 is 11.6 Å². The number of sulfonamides is 1. The van der Waals surface area contributed by atoms with E-state index in [1.165, 1.54) is 25.6 Å². The van der Waals surface area contributed by atoms with Crippen molar-refractivity contribution in [3.05, 3.63) is 82.4 Å². The van der Waals surface area contributed by atoms with Crippen molar-refractivity contribution in [1.29, 1.82) is 0 Å². The molecule has 4 aromatic rings. The maximum absolute atomic E-state index is 15.2. The number of halogens is 4. The van der Waals surface area contributed by atoms with Crippen LogP contribution in [0.4, 0.5) is 18.9 Å². The largest absolute Gasteiger partial charge is 0.494 e. The van der Waals surface area contributed by atoms with E-state index in [-0.39, 0.29) is 27.4 Å². The maximum Gasteiger partial charge on any atom is 0.262 e. The van der Waals surface area contributed by atoms with Gasteiger partial charge in [0.1, 0.15) is 11.5 Å². The summed E-state index contributed by atoms with van der Waals surface area (Å²) in [5.74, 6) is -4.86. The third-order valence-electron chi connectivity index (χ3n) is 4.74. The molecule has 0 aliphatic rings. The van der Waals surface area contributed by atoms with Crippen molar-refractivity contribution in [3.63, 3.8) is 0 Å². The van der Waals surface area contributed by atoms with Crippen LogP contribution in [0, 0.1) is 17.5 Å². The molecule has 2 aromatic carbocycles. The molecule has 0 radical (unpaired) electrons. The number of methoxy groups -OCH3 is 1. The van der Waals surface area contributed by atoms with Gasteiger partial charge in [-0.15, -0.1) is 0 Å². The number of nitrogens with one attached hydrogen (secondary N) is 2. The zero-order valence-electron chi connectivity index (χ0n) is 16.6. The Bertz CT molecular complexity index is 1520. The van der Waals surface area contributed by atoms with Gasteiger partial charge in [-0.05, 0) is 36.4 Å². The van der Waals surface area contributed by atoms with Crippen LogP contribution in [0.1, 0.15) is 15.9 Å². The number of nitrogens with zero attached hydrogens (tertiary/aromatic N) is 1. The van der Waals surface area contributed by atoms with Gasteiger partial charge in [-0.25, -0.2) is 26.6 Å². The molecule has 0 aliphatic carbocycles. The molecule has 0 aliphatic heterocycles. The molecule has 0 bridgehead atoms. The van der Waals surface area contributed by atoms with Gasteiger partial charge in [-0.1, -0.05) is 11.6 Å². The number of carbonyl (C=O) groups excluding carboxylic acids is 1. The van der Waals surface area contributed by atoms with Gasteiger partial charge in [-0.2, -0.15) is 0 Å². The van der Waals surface area contributed by atoms with Crippen LogP contribution in [0.15, 0.2) is 53.7 Å². The van der Waals surface area contributed by atoms with Crippen LogP contribution in [0.3, 0.4) is 0 Å². The number of ketones is 1. The molecule has 2 N–H and O–H groups in total. The fraction of sp³-hybridized carbons (Fsp3) is 0.0476. The number of hydrogen-bond donors (Lipinski definition) is 2. The molecular formula is C21H13ClF3N3O4S. The maximum atomic E-state index is 15.2. The van der Waals surface area contributed by atoms with E-state index in [9.17, 15) is 22.0 Å². The van der Waals surface area contributed by atoms with Gasteiger partial charge in [0, 0.05) is 23.3 Å². The van der Waals surface area contributed by atoms with Crippen LogP contribution in [0.2, 0.25) is 5.02 Å². The monoisotopic (exact) mass is 495 g/mol. The van der Waals surface area contributed by atoms with Gasteiger partial charge in [0.2, 0.25) is 5.78 Å². The highest BCUT2D eigenvalue weighted by Crippen LogP contribution is 2.29. The summed E-state index contributed by atoms with van der Waals surface area (Å²) in [4.78, 5) is 19.1. The number of rotatable bonds is 6. The van der Waals surface area contributed by atoms with E-state index in [1.54, 1.807) is 0 Å². The highest BCUT2D eigenvalue weighted by molar-refractivity contribution is 7.92. The molecule has 2 heterocycles. The first-order valence-electron chi connectivity index (χ1n) is 9.14. The number of H-pyrrole nitrogens is 1. The second-order valence-electron chi connectivity index (χ2n) is 6.77. The van der Waals surface area contributed by atoms with E-state index in [4.69, 9.17) is 16.3 Å². The van der Waals surface area contributed by atoms with E-state index < -0.39 is 49.4 Å². The Hall–Kier alpha value is -3.57. The smallest absolute Gasteiger partial charge is 0.262 e. The molecule has 4 rings (SSSR count). The Morgan fingerprint density at radius 1 is 1.12 bits per heavy atom. The molecule has 170 valence electrons. The molecule has 33 heavy (non-hydrogen) atoms. The molecule has 0 fully saturated rings. The summed E-state index contributed by atoms with van der Waals surface area (Å²) >= 11 is 5.90. The molecule has 2 aromatic heterocycles. The first-order chi connectivity index (χ1) is 15.6. The SMILES string of the molecule is COc1ccc(S(=O)(=O)Nc2ccc(F)c(C(=O)c3c[nH]c4ncc(Cl)cc34)c2F)cc1F. The number of pyridine rings is 1. The van der Waals surface area contributed by atoms with Crippen molar-refractivity contribution < 1.29 is 31.1 Å². The fourth-order valence-corrected chi connectivity index (χ4v) is 4.39. The average molecular weight is 496 g/mol. The Labute approximate surface area is 190 Å². The Morgan fingerprint density at radius 2 is 1.88 bits per heavy atom. The van der Waals surface area contributed by atoms with Gasteiger partial charge in [-0.3, -0.25) is 9.52 Å². The van der Waals surface area contributed by atoms with Gasteiger partial charge < -0.3 is 9.72 Å². The number of ether oxygens (including phenoxy) is 1. The Balaban J connectivity index is 1.75. The highest BCUT2D eigenvalue weighted by Gasteiger charge is 2.26. The zero-order valence-corrected chi connectivity index (χ0v) is 18.2. The molecule has 12 heteroatoms. The zero-order chi connectivity index (χ0) is 23.9. The molecule has 0 amide bonds. The third kappa shape index (κ3) is 4.12. The van der Waals surface area contributed by atoms with Gasteiger partial charge >= 0.3 is 0 Å². The lowest BCUT2D eigenvalue weighted by Gasteiger charge is -2.12. The summed E-state index contributed by atoms with van der Waals surface area (Å²) in [6.45, 7) is 0. The summed E-state index contributed by atoms with van der Waals surface area (Å²) in [5.41, 5.74) is -1.54. The molecule has 0 saturated heterocycles. The van der Waals surface area contributed by atoms with Crippen molar-refractivity contribution in [1.82, 2.24) is 9.97 Å². The van der Waals surface area contributed by atoms with Crippen molar-refractivity contribution in [3.8, 4) is 5.75 Å². The second-order valence-corrected chi connectivity index (χ2v) is 8.89. The number of fused-ring (bicyclic) bond motifs is 1. The average Bonchev–Trinajstić information content (AvgIpc) is 3.18. The first kappa shape index (κ1) is 22.6. The summed E-state index contributed by atoms with van der Waals surface area (Å²) in [5, 5.41) is 0.427. The molecule has 7 nitrogen and oxygen atoms in total. The summed E-state index contributed by atoms with van der Waals surface area (Å²) in [6, 6.07) is 5.75. The normalized spacial score (nSPS) is 11.5. The van der Waals surface area contributed by atoms with Gasteiger partial charge in [0.05, 0.1) is 28.3 Å². The quantitative estimate of drug-likeness (QED) is 0.378. The van der Waals surface area contributed by atoms with Gasteiger partial charge in [0.25, 0.3) is 10.0 Å². The lowest BCUT2D eigenvalue weighted by molar-refractivity contribution is 0.103. The predicted molar refractivity (Wildman–Crippen MR) is 115 cm³/mol. The molecule has 0 unspecified atom stereocenters. The van der Waals surface area contributed by atoms with Crippen molar-refractivity contribution in [2.24, 2.45) is 0 Å². The van der Waals surface area contributed by atoms with E-state index in [0.29, 0.717) is 6.07 Å². The lowest BCUT2D eigenvalue weighted by Crippen LogP contribution is -2.16. The Kier molecular flexibility index (Phi) is 5.76. The summed E-state index contributed by atoms with van der Waals surface area (Å²) < 4.78 is 75.5. The topological polar surface area (TPSA) is 101 Å². The number of aromatic nitrogens is 2. The van der Waals surface area contributed by atoms with E-state index in [0.717, 1.165) is 24.3 Å². The number of benzene rings is 2. The van der Waals surface area contributed by atoms with Crippen LogP contribution < -0.4 is 9.46 Å². The number of hydrogen-bond acceptors (Lipinski definition) is 5. The number of carbonyl (C=O) groups is 1. The predicted octanol–water partition coefficient (Wildman–Crippen LogP) is 4.67. The van der Waals surface area contributed by atoms with E-state index in [2.05, 4.69) is 9.97 Å². The number of anilines is 1. The van der Waals surface area contributed by atoms with Crippen LogP contribution in [-0.2, 0) is 10.0 Å². The van der Waals surface area contributed by atoms with Crippen molar-refractivity contribution >= 4 is 44.1 Å². The van der Waals surface area contributed by atoms with Crippen LogP contribution in [-0.4, -0.2) is 31.3 Å². The first-order valence-corrected chi connectivity index (χ1v) is 11.0. The van der Waals surface area contributed by atoms with Gasteiger partial charge in [0.15, 0.2) is 17.4 Å². The number of aromatic amines is 1. The second kappa shape index (κ2) is 8.41.